The highest BCUT2D eigenvalue weighted by molar-refractivity contribution is 7.98. The first-order valence-electron chi connectivity index (χ1n) is 6.95. The number of pyridine rings is 1. The number of nitrogens with one attached hydrogen (secondary N) is 1. The summed E-state index contributed by atoms with van der Waals surface area (Å²) in [6, 6.07) is 1.40. The van der Waals surface area contributed by atoms with Crippen molar-refractivity contribution in [2.75, 3.05) is 17.3 Å². The Morgan fingerprint density at radius 2 is 2.27 bits per heavy atom. The van der Waals surface area contributed by atoms with Crippen molar-refractivity contribution < 1.29 is 9.18 Å². The molecular formula is C15H18FN3OS2. The Morgan fingerprint density at radius 3 is 2.91 bits per heavy atom. The summed E-state index contributed by atoms with van der Waals surface area (Å²) < 4.78 is 13.3. The van der Waals surface area contributed by atoms with Crippen molar-refractivity contribution in [1.29, 1.82) is 0 Å². The van der Waals surface area contributed by atoms with E-state index in [1.54, 1.807) is 18.0 Å². The summed E-state index contributed by atoms with van der Waals surface area (Å²) >= 11 is 2.99. The van der Waals surface area contributed by atoms with Gasteiger partial charge >= 0.3 is 0 Å². The van der Waals surface area contributed by atoms with Gasteiger partial charge in [0.25, 0.3) is 0 Å². The van der Waals surface area contributed by atoms with Gasteiger partial charge in [-0.1, -0.05) is 25.2 Å². The number of carbonyl (C=O) groups excluding carboxylic acids is 1. The molecule has 2 heterocycles. The normalized spacial score (nSPS) is 12.2. The number of thiazole rings is 1. The molecule has 4 nitrogen and oxygen atoms in total. The maximum absolute atomic E-state index is 13.3. The number of carbonyl (C=O) groups is 1. The molecule has 0 spiro atoms. The summed E-state index contributed by atoms with van der Waals surface area (Å²) in [7, 11) is 0. The molecule has 0 radical (unpaired) electrons. The first kappa shape index (κ1) is 16.9. The van der Waals surface area contributed by atoms with E-state index in [0.717, 1.165) is 22.6 Å². The largest absolute Gasteiger partial charge is 0.316 e. The SMILES string of the molecule is CCc1nc(-c2cncc(F)c2)sc1NC(=O)C(C)CSC. The van der Waals surface area contributed by atoms with Crippen LogP contribution in [-0.2, 0) is 11.2 Å². The van der Waals surface area contributed by atoms with E-state index in [1.165, 1.54) is 17.4 Å². The maximum Gasteiger partial charge on any atom is 0.228 e. The molecule has 0 aliphatic heterocycles. The molecule has 0 fully saturated rings. The average molecular weight is 339 g/mol. The number of anilines is 1. The first-order valence-corrected chi connectivity index (χ1v) is 9.16. The highest BCUT2D eigenvalue weighted by Crippen LogP contribution is 2.32. The minimum atomic E-state index is -0.398. The van der Waals surface area contributed by atoms with E-state index in [2.05, 4.69) is 15.3 Å². The third-order valence-corrected chi connectivity index (χ3v) is 4.98. The van der Waals surface area contributed by atoms with Gasteiger partial charge in [0.15, 0.2) is 0 Å². The number of aromatic nitrogens is 2. The third kappa shape index (κ3) is 4.04. The van der Waals surface area contributed by atoms with Gasteiger partial charge in [0.05, 0.1) is 11.9 Å². The van der Waals surface area contributed by atoms with Crippen LogP contribution in [0.5, 0.6) is 0 Å². The van der Waals surface area contributed by atoms with Crippen molar-refractivity contribution in [3.63, 3.8) is 0 Å². The number of amides is 1. The van der Waals surface area contributed by atoms with Gasteiger partial charge < -0.3 is 5.32 Å². The fraction of sp³-hybridized carbons (Fsp3) is 0.400. The van der Waals surface area contributed by atoms with Gasteiger partial charge in [0.2, 0.25) is 5.91 Å². The van der Waals surface area contributed by atoms with Crippen LogP contribution in [0.2, 0.25) is 0 Å². The van der Waals surface area contributed by atoms with E-state index in [9.17, 15) is 9.18 Å². The monoisotopic (exact) mass is 339 g/mol. The molecule has 2 rings (SSSR count). The standard InChI is InChI=1S/C15H18FN3OS2/c1-4-12-15(19-13(20)9(2)8-21-3)22-14(18-12)10-5-11(16)7-17-6-10/h5-7,9H,4,8H2,1-3H3,(H,19,20). The van der Waals surface area contributed by atoms with Gasteiger partial charge in [0.1, 0.15) is 15.8 Å². The average Bonchev–Trinajstić information content (AvgIpc) is 2.90. The number of halogens is 1. The third-order valence-electron chi connectivity index (χ3n) is 3.09. The number of aryl methyl sites for hydroxylation is 1. The van der Waals surface area contributed by atoms with Crippen molar-refractivity contribution in [3.05, 3.63) is 30.0 Å². The lowest BCUT2D eigenvalue weighted by Gasteiger charge is -2.09. The van der Waals surface area contributed by atoms with Crippen molar-refractivity contribution >= 4 is 34.0 Å². The van der Waals surface area contributed by atoms with E-state index in [1.807, 2.05) is 20.1 Å². The van der Waals surface area contributed by atoms with E-state index in [0.29, 0.717) is 17.0 Å². The van der Waals surface area contributed by atoms with Crippen LogP contribution < -0.4 is 5.32 Å². The zero-order valence-electron chi connectivity index (χ0n) is 12.7. The topological polar surface area (TPSA) is 54.9 Å². The molecule has 0 aliphatic rings. The van der Waals surface area contributed by atoms with E-state index >= 15 is 0 Å². The fourth-order valence-corrected chi connectivity index (χ4v) is 3.59. The van der Waals surface area contributed by atoms with Crippen LogP contribution in [0.3, 0.4) is 0 Å². The van der Waals surface area contributed by atoms with Gasteiger partial charge in [-0.2, -0.15) is 11.8 Å². The quantitative estimate of drug-likeness (QED) is 0.869. The van der Waals surface area contributed by atoms with Crippen LogP contribution in [-0.4, -0.2) is 27.9 Å². The molecule has 22 heavy (non-hydrogen) atoms. The number of thioether (sulfide) groups is 1. The molecule has 0 aliphatic carbocycles. The molecule has 1 unspecified atom stereocenters. The van der Waals surface area contributed by atoms with Crippen molar-refractivity contribution in [3.8, 4) is 10.6 Å². The minimum Gasteiger partial charge on any atom is -0.316 e. The predicted octanol–water partition coefficient (Wildman–Crippen LogP) is 3.84. The lowest BCUT2D eigenvalue weighted by atomic mass is 10.2. The molecule has 2 aromatic rings. The summed E-state index contributed by atoms with van der Waals surface area (Å²) in [6.07, 6.45) is 5.41. The highest BCUT2D eigenvalue weighted by atomic mass is 32.2. The summed E-state index contributed by atoms with van der Waals surface area (Å²) in [5.74, 6) is 0.287. The smallest absolute Gasteiger partial charge is 0.228 e. The zero-order valence-corrected chi connectivity index (χ0v) is 14.4. The van der Waals surface area contributed by atoms with Crippen LogP contribution in [0.1, 0.15) is 19.5 Å². The fourth-order valence-electron chi connectivity index (χ4n) is 1.90. The molecule has 0 aromatic carbocycles. The number of hydrogen-bond donors (Lipinski definition) is 1. The Balaban J connectivity index is 2.24. The van der Waals surface area contributed by atoms with Gasteiger partial charge in [0, 0.05) is 23.4 Å². The Hall–Kier alpha value is -1.47. The zero-order chi connectivity index (χ0) is 16.1. The van der Waals surface area contributed by atoms with Gasteiger partial charge in [-0.25, -0.2) is 9.37 Å². The second-order valence-electron chi connectivity index (χ2n) is 4.89. The van der Waals surface area contributed by atoms with Gasteiger partial charge in [-0.3, -0.25) is 9.78 Å². The molecule has 0 saturated heterocycles. The summed E-state index contributed by atoms with van der Waals surface area (Å²) in [4.78, 5) is 20.5. The van der Waals surface area contributed by atoms with Crippen molar-refractivity contribution in [2.45, 2.75) is 20.3 Å². The number of hydrogen-bond acceptors (Lipinski definition) is 5. The Labute approximate surface area is 137 Å². The molecule has 1 N–H and O–H groups in total. The van der Waals surface area contributed by atoms with Crippen LogP contribution in [0.25, 0.3) is 10.6 Å². The predicted molar refractivity (Wildman–Crippen MR) is 90.9 cm³/mol. The molecule has 7 heteroatoms. The van der Waals surface area contributed by atoms with E-state index in [-0.39, 0.29) is 11.8 Å². The van der Waals surface area contributed by atoms with Crippen LogP contribution >= 0.6 is 23.1 Å². The summed E-state index contributed by atoms with van der Waals surface area (Å²) in [5.41, 5.74) is 1.44. The number of rotatable bonds is 6. The number of nitrogens with zero attached hydrogens (tertiary/aromatic N) is 2. The molecule has 0 bridgehead atoms. The Bertz CT molecular complexity index is 660. The molecule has 1 amide bonds. The molecular weight excluding hydrogens is 321 g/mol. The highest BCUT2D eigenvalue weighted by Gasteiger charge is 2.17. The van der Waals surface area contributed by atoms with Crippen LogP contribution in [0.4, 0.5) is 9.39 Å². The van der Waals surface area contributed by atoms with Crippen molar-refractivity contribution in [1.82, 2.24) is 9.97 Å². The Kier molecular flexibility index (Phi) is 5.90. The van der Waals surface area contributed by atoms with Gasteiger partial charge in [-0.05, 0) is 18.7 Å². The second-order valence-corrected chi connectivity index (χ2v) is 6.80. The van der Waals surface area contributed by atoms with Crippen LogP contribution in [0, 0.1) is 11.7 Å². The summed E-state index contributed by atoms with van der Waals surface area (Å²) in [6.45, 7) is 3.87. The lowest BCUT2D eigenvalue weighted by Crippen LogP contribution is -2.22. The first-order chi connectivity index (χ1) is 10.5. The van der Waals surface area contributed by atoms with E-state index in [4.69, 9.17) is 0 Å². The maximum atomic E-state index is 13.3. The van der Waals surface area contributed by atoms with E-state index < -0.39 is 5.82 Å². The van der Waals surface area contributed by atoms with Crippen LogP contribution in [0.15, 0.2) is 18.5 Å². The van der Waals surface area contributed by atoms with Gasteiger partial charge in [-0.15, -0.1) is 0 Å². The molecule has 118 valence electrons. The lowest BCUT2D eigenvalue weighted by molar-refractivity contribution is -0.118. The molecule has 1 atom stereocenters. The minimum absolute atomic E-state index is 0.0170. The van der Waals surface area contributed by atoms with Crippen molar-refractivity contribution in [2.24, 2.45) is 5.92 Å². The Morgan fingerprint density at radius 1 is 1.50 bits per heavy atom. The molecule has 0 saturated carbocycles. The molecule has 2 aromatic heterocycles. The summed E-state index contributed by atoms with van der Waals surface area (Å²) in [5, 5.41) is 4.34. The second kappa shape index (κ2) is 7.69.